The molecule has 1 atom stereocenters. The van der Waals surface area contributed by atoms with Gasteiger partial charge in [0.05, 0.1) is 29.9 Å². The molecule has 2 aliphatic rings. The van der Waals surface area contributed by atoms with Gasteiger partial charge in [-0.3, -0.25) is 9.69 Å². The lowest BCUT2D eigenvalue weighted by atomic mass is 10.0. The highest BCUT2D eigenvalue weighted by atomic mass is 19.4. The van der Waals surface area contributed by atoms with Crippen molar-refractivity contribution < 1.29 is 32.3 Å². The Morgan fingerprint density at radius 2 is 1.85 bits per heavy atom. The van der Waals surface area contributed by atoms with Crippen LogP contribution in [-0.2, 0) is 33.6 Å². The van der Waals surface area contributed by atoms with Crippen molar-refractivity contribution in [2.45, 2.75) is 96.7 Å². The Hall–Kier alpha value is -3.07. The molecule has 2 aromatic rings. The normalized spacial score (nSPS) is 17.9. The van der Waals surface area contributed by atoms with Crippen molar-refractivity contribution in [3.05, 3.63) is 64.2 Å². The van der Waals surface area contributed by atoms with Crippen LogP contribution in [-0.4, -0.2) is 42.4 Å². The monoisotopic (exact) mass is 560 g/mol. The van der Waals surface area contributed by atoms with Gasteiger partial charge in [-0.1, -0.05) is 23.4 Å². The number of oxime groups is 1. The predicted octanol–water partition coefficient (Wildman–Crippen LogP) is 7.23. The second-order valence-electron chi connectivity index (χ2n) is 11.0. The molecule has 9 heteroatoms. The van der Waals surface area contributed by atoms with E-state index in [-0.39, 0.29) is 36.6 Å². The van der Waals surface area contributed by atoms with Gasteiger partial charge in [0.25, 0.3) is 0 Å². The average Bonchev–Trinajstić information content (AvgIpc) is 3.56. The van der Waals surface area contributed by atoms with Crippen LogP contribution in [0.15, 0.2) is 41.6 Å². The van der Waals surface area contributed by atoms with E-state index >= 15 is 0 Å². The molecule has 0 spiro atoms. The minimum atomic E-state index is -4.52. The van der Waals surface area contributed by atoms with E-state index in [0.29, 0.717) is 24.2 Å². The molecule has 6 nitrogen and oxygen atoms in total. The average molecular weight is 561 g/mol. The first kappa shape index (κ1) is 29.9. The van der Waals surface area contributed by atoms with Crippen molar-refractivity contribution >= 4 is 11.7 Å². The molecule has 0 saturated heterocycles. The lowest BCUT2D eigenvalue weighted by Crippen LogP contribution is -2.26. The largest absolute Gasteiger partial charge is 0.490 e. The van der Waals surface area contributed by atoms with Crippen molar-refractivity contribution in [2.24, 2.45) is 5.16 Å². The summed E-state index contributed by atoms with van der Waals surface area (Å²) in [5, 5.41) is 4.18. The van der Waals surface area contributed by atoms with Gasteiger partial charge in [0.2, 0.25) is 0 Å². The highest BCUT2D eigenvalue weighted by Crippen LogP contribution is 2.39. The van der Waals surface area contributed by atoms with Crippen molar-refractivity contribution in [1.82, 2.24) is 4.90 Å². The second kappa shape index (κ2) is 13.1. The fraction of sp³-hybridized carbons (Fsp3) is 0.548. The maximum absolute atomic E-state index is 13.7. The number of carbonyl (C=O) groups excluding carboxylic acids is 1. The summed E-state index contributed by atoms with van der Waals surface area (Å²) in [5.74, 6) is -0.314. The molecule has 1 fully saturated rings. The second-order valence-corrected chi connectivity index (χ2v) is 11.0. The smallest absolute Gasteiger partial charge is 0.419 e. The van der Waals surface area contributed by atoms with Crippen LogP contribution in [0.4, 0.5) is 13.2 Å². The highest BCUT2D eigenvalue weighted by molar-refractivity contribution is 5.98. The summed E-state index contributed by atoms with van der Waals surface area (Å²) < 4.78 is 52.0. The van der Waals surface area contributed by atoms with Gasteiger partial charge >= 0.3 is 12.1 Å². The molecular formula is C31H39F3N2O4. The van der Waals surface area contributed by atoms with Crippen LogP contribution in [0.3, 0.4) is 0 Å². The molecule has 0 aliphatic heterocycles. The van der Waals surface area contributed by atoms with Gasteiger partial charge in [-0.2, -0.15) is 13.2 Å². The number of esters is 1. The number of carbonyl (C=O) groups is 1. The molecule has 0 aromatic heterocycles. The van der Waals surface area contributed by atoms with Crippen molar-refractivity contribution in [3.63, 3.8) is 0 Å². The van der Waals surface area contributed by atoms with Crippen LogP contribution in [0.5, 0.6) is 5.75 Å². The minimum absolute atomic E-state index is 0.0822. The van der Waals surface area contributed by atoms with E-state index in [0.717, 1.165) is 50.2 Å². The number of aryl methyl sites for hydroxylation is 1. The number of hydrogen-bond acceptors (Lipinski definition) is 6. The third-order valence-electron chi connectivity index (χ3n) is 7.55. The van der Waals surface area contributed by atoms with E-state index in [2.05, 4.69) is 22.2 Å². The molecule has 2 aromatic carbocycles. The molecule has 4 rings (SSSR count). The van der Waals surface area contributed by atoms with Crippen LogP contribution in [0.2, 0.25) is 0 Å². The summed E-state index contributed by atoms with van der Waals surface area (Å²) in [5.41, 5.74) is 3.60. The summed E-state index contributed by atoms with van der Waals surface area (Å²) in [6.07, 6.45) is 0.960. The predicted molar refractivity (Wildman–Crippen MR) is 147 cm³/mol. The number of alkyl halides is 3. The first-order valence-corrected chi connectivity index (χ1v) is 14.1. The number of hydrogen-bond donors (Lipinski definition) is 0. The van der Waals surface area contributed by atoms with Gasteiger partial charge in [0.15, 0.2) is 0 Å². The molecule has 0 bridgehead atoms. The van der Waals surface area contributed by atoms with E-state index in [1.807, 2.05) is 33.9 Å². The van der Waals surface area contributed by atoms with Gasteiger partial charge < -0.3 is 14.3 Å². The Balaban J connectivity index is 1.36. The minimum Gasteiger partial charge on any atom is -0.490 e. The maximum Gasteiger partial charge on any atom is 0.419 e. The van der Waals surface area contributed by atoms with Crippen LogP contribution in [0, 0.1) is 0 Å². The quantitative estimate of drug-likeness (QED) is 0.165. The lowest BCUT2D eigenvalue weighted by Gasteiger charge is -2.25. The zero-order chi connectivity index (χ0) is 28.9. The van der Waals surface area contributed by atoms with Crippen molar-refractivity contribution in [1.29, 1.82) is 0 Å². The Morgan fingerprint density at radius 3 is 2.55 bits per heavy atom. The Morgan fingerprint density at radius 1 is 1.10 bits per heavy atom. The van der Waals surface area contributed by atoms with Gasteiger partial charge in [-0.05, 0) is 107 Å². The molecule has 1 saturated carbocycles. The van der Waals surface area contributed by atoms with Crippen molar-refractivity contribution in [3.8, 4) is 5.75 Å². The van der Waals surface area contributed by atoms with E-state index < -0.39 is 11.7 Å². The van der Waals surface area contributed by atoms with E-state index in [1.54, 1.807) is 6.07 Å². The van der Waals surface area contributed by atoms with E-state index in [1.165, 1.54) is 17.2 Å². The summed E-state index contributed by atoms with van der Waals surface area (Å²) >= 11 is 0. The standard InChI is InChI=1S/C31H39F3N2O4/c1-20(2)39-30(37)15-16-36(4)28-13-11-24-18-23(10-12-26(24)28)21(3)35-38-19-22-9-14-29(27(17-22)31(32,33)34)40-25-7-5-6-8-25/h9-10,12,14,17-18,20,25,28H,5-8,11,13,15-16,19H2,1-4H3/b35-21+. The summed E-state index contributed by atoms with van der Waals surface area (Å²) in [4.78, 5) is 19.6. The van der Waals surface area contributed by atoms with Gasteiger partial charge in [-0.25, -0.2) is 0 Å². The molecule has 0 heterocycles. The molecule has 0 radical (unpaired) electrons. The highest BCUT2D eigenvalue weighted by Gasteiger charge is 2.35. The third kappa shape index (κ3) is 7.77. The summed E-state index contributed by atoms with van der Waals surface area (Å²) in [6.45, 7) is 6.05. The molecule has 0 N–H and O–H groups in total. The first-order chi connectivity index (χ1) is 19.0. The van der Waals surface area contributed by atoms with Gasteiger partial charge in [0, 0.05) is 12.6 Å². The molecule has 1 unspecified atom stereocenters. The number of ether oxygens (including phenoxy) is 2. The zero-order valence-corrected chi connectivity index (χ0v) is 23.7. The number of rotatable bonds is 11. The zero-order valence-electron chi connectivity index (χ0n) is 23.7. The SMILES string of the molecule is C/C(=N\OCc1ccc(OC2CCCC2)c(C(F)(F)F)c1)c1ccc2c(c1)CCC2N(C)CCC(=O)OC(C)C. The van der Waals surface area contributed by atoms with Crippen LogP contribution < -0.4 is 4.74 Å². The molecule has 0 amide bonds. The van der Waals surface area contributed by atoms with Crippen LogP contribution in [0.1, 0.15) is 93.2 Å². The first-order valence-electron chi connectivity index (χ1n) is 14.1. The third-order valence-corrected chi connectivity index (χ3v) is 7.55. The maximum atomic E-state index is 13.7. The summed E-state index contributed by atoms with van der Waals surface area (Å²) in [7, 11) is 2.02. The topological polar surface area (TPSA) is 60.4 Å². The molecule has 2 aliphatic carbocycles. The fourth-order valence-electron chi connectivity index (χ4n) is 5.46. The number of fused-ring (bicyclic) bond motifs is 1. The number of nitrogens with zero attached hydrogens (tertiary/aromatic N) is 2. The summed E-state index contributed by atoms with van der Waals surface area (Å²) in [6, 6.07) is 10.5. The van der Waals surface area contributed by atoms with E-state index in [9.17, 15) is 18.0 Å². The van der Waals surface area contributed by atoms with Gasteiger partial charge in [0.1, 0.15) is 12.4 Å². The lowest BCUT2D eigenvalue weighted by molar-refractivity contribution is -0.147. The van der Waals surface area contributed by atoms with Gasteiger partial charge in [-0.15, -0.1) is 0 Å². The number of benzene rings is 2. The van der Waals surface area contributed by atoms with Crippen molar-refractivity contribution in [2.75, 3.05) is 13.6 Å². The van der Waals surface area contributed by atoms with E-state index in [4.69, 9.17) is 14.3 Å². The Kier molecular flexibility index (Phi) is 9.77. The molecular weight excluding hydrogens is 521 g/mol. The number of halogens is 3. The fourth-order valence-corrected chi connectivity index (χ4v) is 5.46. The Labute approximate surface area is 234 Å². The van der Waals surface area contributed by atoms with Crippen LogP contribution >= 0.6 is 0 Å². The molecule has 40 heavy (non-hydrogen) atoms. The molecule has 218 valence electrons. The van der Waals surface area contributed by atoms with Crippen LogP contribution in [0.25, 0.3) is 0 Å². The Bertz CT molecular complexity index is 1210.